The Morgan fingerprint density at radius 3 is 2.56 bits per heavy atom. The summed E-state index contributed by atoms with van der Waals surface area (Å²) in [6, 6.07) is 1.99. The van der Waals surface area contributed by atoms with E-state index in [1.165, 1.54) is 0 Å². The van der Waals surface area contributed by atoms with Crippen molar-refractivity contribution in [3.8, 4) is 10.7 Å². The first-order chi connectivity index (χ1) is 8.52. The standard InChI is InChI=1S/C11H8Br3ClN2S/c1-2-3-6-8(13)10(15)17-11(16-6)7-4-5(12)9(14)18-7/h4H,2-3H2,1H3. The molecule has 7 heteroatoms. The fourth-order valence-electron chi connectivity index (χ4n) is 1.43. The third kappa shape index (κ3) is 3.15. The highest BCUT2D eigenvalue weighted by molar-refractivity contribution is 9.13. The molecule has 18 heavy (non-hydrogen) atoms. The van der Waals surface area contributed by atoms with E-state index in [0.29, 0.717) is 11.0 Å². The summed E-state index contributed by atoms with van der Waals surface area (Å²) < 4.78 is 2.82. The molecule has 0 atom stereocenters. The van der Waals surface area contributed by atoms with Gasteiger partial charge in [-0.1, -0.05) is 24.9 Å². The van der Waals surface area contributed by atoms with Crippen molar-refractivity contribution in [3.05, 3.63) is 29.6 Å². The lowest BCUT2D eigenvalue weighted by Gasteiger charge is -2.06. The average Bonchev–Trinajstić information content (AvgIpc) is 2.65. The van der Waals surface area contributed by atoms with Crippen LogP contribution in [0.15, 0.2) is 18.8 Å². The monoisotopic (exact) mass is 472 g/mol. The number of nitrogens with zero attached hydrogens (tertiary/aromatic N) is 2. The van der Waals surface area contributed by atoms with Gasteiger partial charge in [-0.2, -0.15) is 0 Å². The summed E-state index contributed by atoms with van der Waals surface area (Å²) in [6.07, 6.45) is 1.90. The van der Waals surface area contributed by atoms with Crippen LogP contribution in [0.4, 0.5) is 0 Å². The maximum atomic E-state index is 6.13. The molecular weight excluding hydrogens is 467 g/mol. The highest BCUT2D eigenvalue weighted by Crippen LogP contribution is 2.38. The van der Waals surface area contributed by atoms with Gasteiger partial charge in [-0.05, 0) is 60.3 Å². The molecule has 2 rings (SSSR count). The summed E-state index contributed by atoms with van der Waals surface area (Å²) in [5.41, 5.74) is 0.952. The molecule has 0 aromatic carbocycles. The minimum atomic E-state index is 0.462. The molecule has 2 heterocycles. The van der Waals surface area contributed by atoms with E-state index in [0.717, 1.165) is 36.1 Å². The lowest BCUT2D eigenvalue weighted by Crippen LogP contribution is -1.97. The molecular formula is C11H8Br3ClN2S. The number of hydrogen-bond donors (Lipinski definition) is 0. The Morgan fingerprint density at radius 1 is 1.28 bits per heavy atom. The van der Waals surface area contributed by atoms with Crippen LogP contribution in [0, 0.1) is 0 Å². The maximum absolute atomic E-state index is 6.13. The van der Waals surface area contributed by atoms with Gasteiger partial charge in [-0.15, -0.1) is 11.3 Å². The number of aryl methyl sites for hydroxylation is 1. The number of halogens is 4. The van der Waals surface area contributed by atoms with Gasteiger partial charge in [0.2, 0.25) is 0 Å². The van der Waals surface area contributed by atoms with Crippen LogP contribution in [-0.4, -0.2) is 9.97 Å². The predicted molar refractivity (Wildman–Crippen MR) is 87.5 cm³/mol. The quantitative estimate of drug-likeness (QED) is 0.502. The zero-order valence-corrected chi connectivity index (χ0v) is 15.6. The first-order valence-corrected chi connectivity index (χ1v) is 8.77. The Bertz CT molecular complexity index is 566. The molecule has 0 unspecified atom stereocenters. The summed E-state index contributed by atoms with van der Waals surface area (Å²) in [6.45, 7) is 2.11. The van der Waals surface area contributed by atoms with Crippen molar-refractivity contribution >= 4 is 70.7 Å². The number of rotatable bonds is 3. The zero-order valence-electron chi connectivity index (χ0n) is 9.31. The fraction of sp³-hybridized carbons (Fsp3) is 0.273. The van der Waals surface area contributed by atoms with Crippen molar-refractivity contribution in [2.24, 2.45) is 0 Å². The van der Waals surface area contributed by atoms with E-state index in [-0.39, 0.29) is 0 Å². The number of aromatic nitrogens is 2. The molecule has 0 radical (unpaired) electrons. The van der Waals surface area contributed by atoms with Gasteiger partial charge in [-0.3, -0.25) is 0 Å². The molecule has 0 bridgehead atoms. The van der Waals surface area contributed by atoms with E-state index in [1.807, 2.05) is 6.07 Å². The van der Waals surface area contributed by atoms with Gasteiger partial charge in [0, 0.05) is 4.47 Å². The summed E-state index contributed by atoms with van der Waals surface area (Å²) in [5, 5.41) is 0.462. The average molecular weight is 475 g/mol. The van der Waals surface area contributed by atoms with E-state index in [1.54, 1.807) is 11.3 Å². The van der Waals surface area contributed by atoms with Gasteiger partial charge < -0.3 is 0 Å². The molecule has 0 saturated heterocycles. The second kappa shape index (κ2) is 6.31. The Hall–Kier alpha value is 0.510. The van der Waals surface area contributed by atoms with Gasteiger partial charge in [0.25, 0.3) is 0 Å². The van der Waals surface area contributed by atoms with E-state index in [9.17, 15) is 0 Å². The summed E-state index contributed by atoms with van der Waals surface area (Å²) in [4.78, 5) is 9.88. The van der Waals surface area contributed by atoms with Crippen LogP contribution in [0.5, 0.6) is 0 Å². The molecule has 2 aromatic rings. The van der Waals surface area contributed by atoms with Gasteiger partial charge >= 0.3 is 0 Å². The summed E-state index contributed by atoms with van der Waals surface area (Å²) in [5.74, 6) is 0.669. The van der Waals surface area contributed by atoms with Crippen LogP contribution in [0.25, 0.3) is 10.7 Å². The Balaban J connectivity index is 2.51. The summed E-state index contributed by atoms with van der Waals surface area (Å²) in [7, 11) is 0. The van der Waals surface area contributed by atoms with Crippen LogP contribution in [-0.2, 0) is 6.42 Å². The molecule has 0 amide bonds. The molecule has 0 N–H and O–H groups in total. The van der Waals surface area contributed by atoms with Crippen molar-refractivity contribution in [1.82, 2.24) is 9.97 Å². The minimum Gasteiger partial charge on any atom is -0.231 e. The van der Waals surface area contributed by atoms with E-state index < -0.39 is 0 Å². The molecule has 2 aromatic heterocycles. The normalized spacial score (nSPS) is 10.9. The van der Waals surface area contributed by atoms with Crippen LogP contribution < -0.4 is 0 Å². The van der Waals surface area contributed by atoms with Gasteiger partial charge in [0.15, 0.2) is 5.82 Å². The minimum absolute atomic E-state index is 0.462. The number of hydrogen-bond acceptors (Lipinski definition) is 3. The first kappa shape index (κ1) is 14.9. The van der Waals surface area contributed by atoms with Crippen molar-refractivity contribution < 1.29 is 0 Å². The highest BCUT2D eigenvalue weighted by atomic mass is 79.9. The first-order valence-electron chi connectivity index (χ1n) is 5.20. The lowest BCUT2D eigenvalue weighted by molar-refractivity contribution is 0.868. The maximum Gasteiger partial charge on any atom is 0.171 e. The van der Waals surface area contributed by atoms with Gasteiger partial charge in [0.1, 0.15) is 5.15 Å². The number of thiophene rings is 1. The lowest BCUT2D eigenvalue weighted by atomic mass is 10.2. The zero-order chi connectivity index (χ0) is 13.3. The third-order valence-electron chi connectivity index (χ3n) is 2.23. The second-order valence-electron chi connectivity index (χ2n) is 3.58. The Labute approximate surface area is 140 Å². The van der Waals surface area contributed by atoms with Gasteiger partial charge in [-0.25, -0.2) is 9.97 Å². The SMILES string of the molecule is CCCc1nc(-c2cc(Br)c(Br)s2)nc(Cl)c1Br. The summed E-state index contributed by atoms with van der Waals surface area (Å²) >= 11 is 18.1. The van der Waals surface area contributed by atoms with Crippen LogP contribution >= 0.6 is 70.7 Å². The van der Waals surface area contributed by atoms with E-state index in [4.69, 9.17) is 11.6 Å². The molecule has 2 nitrogen and oxygen atoms in total. The largest absolute Gasteiger partial charge is 0.231 e. The van der Waals surface area contributed by atoms with Gasteiger partial charge in [0.05, 0.1) is 18.8 Å². The Morgan fingerprint density at radius 2 is 2.00 bits per heavy atom. The molecule has 0 aliphatic rings. The molecule has 0 aliphatic heterocycles. The molecule has 96 valence electrons. The van der Waals surface area contributed by atoms with E-state index in [2.05, 4.69) is 64.7 Å². The molecule has 0 aliphatic carbocycles. The van der Waals surface area contributed by atoms with Crippen molar-refractivity contribution in [2.45, 2.75) is 19.8 Å². The smallest absolute Gasteiger partial charge is 0.171 e. The highest BCUT2D eigenvalue weighted by Gasteiger charge is 2.14. The molecule has 0 fully saturated rings. The third-order valence-corrected chi connectivity index (χ3v) is 6.82. The van der Waals surface area contributed by atoms with Crippen LogP contribution in [0.1, 0.15) is 19.0 Å². The van der Waals surface area contributed by atoms with Crippen LogP contribution in [0.2, 0.25) is 5.15 Å². The fourth-order valence-corrected chi connectivity index (χ4v) is 3.97. The van der Waals surface area contributed by atoms with Crippen LogP contribution in [0.3, 0.4) is 0 Å². The molecule has 0 saturated carbocycles. The van der Waals surface area contributed by atoms with E-state index >= 15 is 0 Å². The van der Waals surface area contributed by atoms with Crippen molar-refractivity contribution in [2.75, 3.05) is 0 Å². The second-order valence-corrected chi connectivity index (χ2v) is 7.96. The van der Waals surface area contributed by atoms with Crippen molar-refractivity contribution in [3.63, 3.8) is 0 Å². The van der Waals surface area contributed by atoms with Crippen molar-refractivity contribution in [1.29, 1.82) is 0 Å². The molecule has 0 spiro atoms. The predicted octanol–water partition coefficient (Wildman–Crippen LogP) is 6.10. The topological polar surface area (TPSA) is 25.8 Å². The Kier molecular flexibility index (Phi) is 5.22.